The summed E-state index contributed by atoms with van der Waals surface area (Å²) in [6.45, 7) is 6.95. The molecule has 148 valence electrons. The molecule has 2 aliphatic heterocycles. The molecule has 1 aromatic rings. The maximum absolute atomic E-state index is 12.9. The average molecular weight is 375 g/mol. The molecule has 2 atom stereocenters. The summed E-state index contributed by atoms with van der Waals surface area (Å²) in [5, 5.41) is 3.03. The van der Waals surface area contributed by atoms with Crippen LogP contribution in [0.2, 0.25) is 0 Å². The Hall–Kier alpha value is -2.28. The molecule has 0 aliphatic carbocycles. The van der Waals surface area contributed by atoms with Crippen molar-refractivity contribution in [2.24, 2.45) is 0 Å². The number of benzene rings is 1. The predicted molar refractivity (Wildman–Crippen MR) is 103 cm³/mol. The van der Waals surface area contributed by atoms with E-state index in [0.29, 0.717) is 38.6 Å². The Morgan fingerprint density at radius 2 is 2.00 bits per heavy atom. The molecule has 0 saturated carbocycles. The minimum atomic E-state index is -0.612. The summed E-state index contributed by atoms with van der Waals surface area (Å²) in [5.41, 5.74) is 0.849. The van der Waals surface area contributed by atoms with Gasteiger partial charge in [0.1, 0.15) is 5.75 Å². The molecule has 0 bridgehead atoms. The molecule has 1 aromatic carbocycles. The van der Waals surface area contributed by atoms with Crippen molar-refractivity contribution in [2.75, 3.05) is 44.3 Å². The summed E-state index contributed by atoms with van der Waals surface area (Å²) in [6.07, 6.45) is 1.36. The van der Waals surface area contributed by atoms with Crippen LogP contribution in [-0.4, -0.2) is 68.3 Å². The normalized spacial score (nSPS) is 20.4. The van der Waals surface area contributed by atoms with Gasteiger partial charge in [-0.15, -0.1) is 0 Å². The number of para-hydroxylation sites is 2. The van der Waals surface area contributed by atoms with Gasteiger partial charge in [0.2, 0.25) is 5.91 Å². The standard InChI is InChI=1S/C20H29N3O4/c1-3-6-15(2)21-19(24)14-23-13-18(20(25)22-9-11-26-12-10-22)27-17-8-5-4-7-16(17)23/h4-5,7-8,15,18H,3,6,9-14H2,1-2H3,(H,21,24). The van der Waals surface area contributed by atoms with Crippen LogP contribution >= 0.6 is 0 Å². The number of rotatable bonds is 6. The lowest BCUT2D eigenvalue weighted by molar-refractivity contribution is -0.142. The number of amides is 2. The molecule has 2 amide bonds. The van der Waals surface area contributed by atoms with E-state index in [-0.39, 0.29) is 24.4 Å². The lowest BCUT2D eigenvalue weighted by atomic mass is 10.1. The number of anilines is 1. The minimum absolute atomic E-state index is 0.0368. The Morgan fingerprint density at radius 3 is 2.74 bits per heavy atom. The predicted octanol–water partition coefficient (Wildman–Crippen LogP) is 1.42. The van der Waals surface area contributed by atoms with E-state index in [1.807, 2.05) is 36.1 Å². The van der Waals surface area contributed by atoms with Gasteiger partial charge < -0.3 is 24.6 Å². The Morgan fingerprint density at radius 1 is 1.26 bits per heavy atom. The zero-order valence-electron chi connectivity index (χ0n) is 16.1. The number of carbonyl (C=O) groups is 2. The third kappa shape index (κ3) is 4.91. The SMILES string of the molecule is CCCC(C)NC(=O)CN1CC(C(=O)N2CCOCC2)Oc2ccccc21. The molecule has 2 aliphatic rings. The third-order valence-corrected chi connectivity index (χ3v) is 4.92. The number of hydrogen-bond acceptors (Lipinski definition) is 5. The first-order valence-corrected chi connectivity index (χ1v) is 9.75. The van der Waals surface area contributed by atoms with Gasteiger partial charge >= 0.3 is 0 Å². The third-order valence-electron chi connectivity index (χ3n) is 4.92. The first-order valence-electron chi connectivity index (χ1n) is 9.75. The van der Waals surface area contributed by atoms with E-state index >= 15 is 0 Å². The highest BCUT2D eigenvalue weighted by molar-refractivity contribution is 5.86. The van der Waals surface area contributed by atoms with Crippen LogP contribution < -0.4 is 15.0 Å². The van der Waals surface area contributed by atoms with Crippen molar-refractivity contribution in [2.45, 2.75) is 38.8 Å². The van der Waals surface area contributed by atoms with Gasteiger partial charge in [0.25, 0.3) is 5.91 Å². The number of nitrogens with zero attached hydrogens (tertiary/aromatic N) is 2. The van der Waals surface area contributed by atoms with Crippen molar-refractivity contribution in [1.29, 1.82) is 0 Å². The number of morpholine rings is 1. The fourth-order valence-electron chi connectivity index (χ4n) is 3.57. The van der Waals surface area contributed by atoms with Crippen LogP contribution in [0.15, 0.2) is 24.3 Å². The van der Waals surface area contributed by atoms with Crippen LogP contribution in [0.5, 0.6) is 5.75 Å². The van der Waals surface area contributed by atoms with Gasteiger partial charge in [-0.1, -0.05) is 25.5 Å². The second-order valence-corrected chi connectivity index (χ2v) is 7.15. The number of ether oxygens (including phenoxy) is 2. The van der Waals surface area contributed by atoms with Crippen molar-refractivity contribution < 1.29 is 19.1 Å². The number of hydrogen-bond donors (Lipinski definition) is 1. The van der Waals surface area contributed by atoms with Gasteiger partial charge in [-0.2, -0.15) is 0 Å². The first kappa shape index (κ1) is 19.5. The zero-order valence-corrected chi connectivity index (χ0v) is 16.1. The topological polar surface area (TPSA) is 71.1 Å². The highest BCUT2D eigenvalue weighted by Gasteiger charge is 2.34. The number of nitrogens with one attached hydrogen (secondary N) is 1. The van der Waals surface area contributed by atoms with Crippen LogP contribution in [0.25, 0.3) is 0 Å². The van der Waals surface area contributed by atoms with Crippen molar-refractivity contribution in [3.63, 3.8) is 0 Å². The van der Waals surface area contributed by atoms with Gasteiger partial charge in [-0.3, -0.25) is 9.59 Å². The van der Waals surface area contributed by atoms with E-state index in [2.05, 4.69) is 12.2 Å². The van der Waals surface area contributed by atoms with Crippen LogP contribution in [0.4, 0.5) is 5.69 Å². The van der Waals surface area contributed by atoms with Gasteiger partial charge in [0.05, 0.1) is 32.0 Å². The smallest absolute Gasteiger partial charge is 0.265 e. The Kier molecular flexibility index (Phi) is 6.55. The van der Waals surface area contributed by atoms with E-state index in [1.165, 1.54) is 0 Å². The van der Waals surface area contributed by atoms with E-state index < -0.39 is 6.10 Å². The van der Waals surface area contributed by atoms with Crippen LogP contribution in [0.1, 0.15) is 26.7 Å². The van der Waals surface area contributed by atoms with E-state index in [4.69, 9.17) is 9.47 Å². The molecular formula is C20H29N3O4. The van der Waals surface area contributed by atoms with Gasteiger partial charge in [0, 0.05) is 19.1 Å². The van der Waals surface area contributed by atoms with Crippen LogP contribution in [0.3, 0.4) is 0 Å². The van der Waals surface area contributed by atoms with Crippen LogP contribution in [0, 0.1) is 0 Å². The molecule has 2 heterocycles. The molecule has 27 heavy (non-hydrogen) atoms. The summed E-state index contributed by atoms with van der Waals surface area (Å²) >= 11 is 0. The average Bonchev–Trinajstić information content (AvgIpc) is 2.68. The van der Waals surface area contributed by atoms with E-state index in [1.54, 1.807) is 4.90 Å². The fraction of sp³-hybridized carbons (Fsp3) is 0.600. The Balaban J connectivity index is 1.70. The quantitative estimate of drug-likeness (QED) is 0.814. The first-order chi connectivity index (χ1) is 13.1. The lowest BCUT2D eigenvalue weighted by Crippen LogP contribution is -2.54. The fourth-order valence-corrected chi connectivity index (χ4v) is 3.57. The maximum Gasteiger partial charge on any atom is 0.265 e. The highest BCUT2D eigenvalue weighted by Crippen LogP contribution is 2.33. The maximum atomic E-state index is 12.9. The van der Waals surface area contributed by atoms with E-state index in [0.717, 1.165) is 18.5 Å². The van der Waals surface area contributed by atoms with Crippen molar-refractivity contribution >= 4 is 17.5 Å². The molecule has 1 fully saturated rings. The molecular weight excluding hydrogens is 346 g/mol. The highest BCUT2D eigenvalue weighted by atomic mass is 16.5. The molecule has 0 aromatic heterocycles. The summed E-state index contributed by atoms with van der Waals surface area (Å²) in [5.74, 6) is 0.563. The number of fused-ring (bicyclic) bond motifs is 1. The molecule has 7 nitrogen and oxygen atoms in total. The Labute approximate surface area is 160 Å². The molecule has 2 unspecified atom stereocenters. The second kappa shape index (κ2) is 9.08. The molecule has 0 radical (unpaired) electrons. The number of carbonyl (C=O) groups excluding carboxylic acids is 2. The lowest BCUT2D eigenvalue weighted by Gasteiger charge is -2.38. The van der Waals surface area contributed by atoms with E-state index in [9.17, 15) is 9.59 Å². The summed E-state index contributed by atoms with van der Waals surface area (Å²) in [7, 11) is 0. The van der Waals surface area contributed by atoms with Gasteiger partial charge in [-0.05, 0) is 25.5 Å². The van der Waals surface area contributed by atoms with Crippen molar-refractivity contribution in [1.82, 2.24) is 10.2 Å². The van der Waals surface area contributed by atoms with Crippen molar-refractivity contribution in [3.8, 4) is 5.75 Å². The largest absolute Gasteiger partial charge is 0.477 e. The van der Waals surface area contributed by atoms with Gasteiger partial charge in [-0.25, -0.2) is 0 Å². The Bertz CT molecular complexity index is 660. The second-order valence-electron chi connectivity index (χ2n) is 7.15. The molecule has 7 heteroatoms. The summed E-state index contributed by atoms with van der Waals surface area (Å²) in [4.78, 5) is 29.1. The summed E-state index contributed by atoms with van der Waals surface area (Å²) in [6, 6.07) is 7.70. The molecule has 1 N–H and O–H groups in total. The molecule has 1 saturated heterocycles. The monoisotopic (exact) mass is 375 g/mol. The minimum Gasteiger partial charge on any atom is -0.477 e. The van der Waals surface area contributed by atoms with Gasteiger partial charge in [0.15, 0.2) is 6.10 Å². The summed E-state index contributed by atoms with van der Waals surface area (Å²) < 4.78 is 11.3. The van der Waals surface area contributed by atoms with Crippen LogP contribution in [-0.2, 0) is 14.3 Å². The zero-order chi connectivity index (χ0) is 19.2. The molecule has 3 rings (SSSR count). The van der Waals surface area contributed by atoms with Crippen molar-refractivity contribution in [3.05, 3.63) is 24.3 Å². The molecule has 0 spiro atoms.